The Bertz CT molecular complexity index is 882. The predicted octanol–water partition coefficient (Wildman–Crippen LogP) is 16.9. The van der Waals surface area contributed by atoms with Gasteiger partial charge < -0.3 is 15.5 Å². The highest BCUT2D eigenvalue weighted by molar-refractivity contribution is 5.76. The predicted molar refractivity (Wildman–Crippen MR) is 258 cm³/mol. The monoisotopic (exact) mass is 814 g/mol. The van der Waals surface area contributed by atoms with Gasteiger partial charge in [0.25, 0.3) is 0 Å². The average Bonchev–Trinajstić information content (AvgIpc) is 3.23. The molecule has 0 aromatic heterocycles. The molecule has 2 unspecified atom stereocenters. The van der Waals surface area contributed by atoms with Gasteiger partial charge >= 0.3 is 0 Å². The van der Waals surface area contributed by atoms with E-state index < -0.39 is 12.1 Å². The molecule has 1 amide bonds. The van der Waals surface area contributed by atoms with Gasteiger partial charge in [0.2, 0.25) is 5.91 Å². The second-order valence-electron chi connectivity index (χ2n) is 17.9. The van der Waals surface area contributed by atoms with E-state index in [4.69, 9.17) is 0 Å². The van der Waals surface area contributed by atoms with Gasteiger partial charge in [-0.15, -0.1) is 0 Å². The molecule has 0 spiro atoms. The molecule has 2 atom stereocenters. The van der Waals surface area contributed by atoms with E-state index in [0.717, 1.165) is 38.5 Å². The zero-order chi connectivity index (χ0) is 42.1. The Morgan fingerprint density at radius 2 is 0.672 bits per heavy atom. The van der Waals surface area contributed by atoms with Crippen LogP contribution in [0.25, 0.3) is 0 Å². The molecule has 0 aliphatic carbocycles. The summed E-state index contributed by atoms with van der Waals surface area (Å²) in [7, 11) is 0. The molecule has 58 heavy (non-hydrogen) atoms. The van der Waals surface area contributed by atoms with Crippen LogP contribution in [-0.4, -0.2) is 34.9 Å². The Kier molecular flexibility index (Phi) is 48.8. The number of aliphatic hydroxyl groups excluding tert-OH is 2. The lowest BCUT2D eigenvalue weighted by Crippen LogP contribution is -2.45. The number of allylic oxidation sites excluding steroid dienone is 5. The standard InChI is InChI=1S/C54H103NO3/c1-3-5-7-9-11-13-15-17-19-21-23-25-26-27-28-29-30-31-33-35-37-39-41-43-45-47-49-53(57)52(51-56)55-54(58)50-48-46-44-42-40-38-36-34-32-24-22-20-18-16-14-12-10-8-6-4-2/h31,33,39,41,47,49,52-53,56-57H,3-30,32,34-38,40,42-46,48,50-51H2,1-2H3,(H,55,58)/b33-31+,41-39+,49-47+. The topological polar surface area (TPSA) is 69.6 Å². The number of amides is 1. The van der Waals surface area contributed by atoms with Crippen LogP contribution in [0.5, 0.6) is 0 Å². The Hall–Kier alpha value is -1.39. The van der Waals surface area contributed by atoms with E-state index in [-0.39, 0.29) is 12.5 Å². The van der Waals surface area contributed by atoms with Crippen LogP contribution in [0.2, 0.25) is 0 Å². The van der Waals surface area contributed by atoms with Crippen molar-refractivity contribution in [2.45, 2.75) is 296 Å². The number of nitrogens with one attached hydrogen (secondary N) is 1. The molecular weight excluding hydrogens is 711 g/mol. The maximum atomic E-state index is 12.4. The van der Waals surface area contributed by atoms with E-state index in [2.05, 4.69) is 43.5 Å². The molecule has 0 fully saturated rings. The fraction of sp³-hybridized carbons (Fsp3) is 0.870. The SMILES string of the molecule is CCCCCCCCCCCCCCCCCC/C=C/CC/C=C/CC/C=C/C(O)C(CO)NC(=O)CCCCCCCCCCCCCCCCCCCCCC. The number of rotatable bonds is 48. The van der Waals surface area contributed by atoms with Crippen LogP contribution in [0, 0.1) is 0 Å². The van der Waals surface area contributed by atoms with Crippen molar-refractivity contribution in [3.63, 3.8) is 0 Å². The van der Waals surface area contributed by atoms with E-state index in [0.29, 0.717) is 6.42 Å². The highest BCUT2D eigenvalue weighted by Gasteiger charge is 2.17. The van der Waals surface area contributed by atoms with Crippen molar-refractivity contribution in [3.05, 3.63) is 36.5 Å². The lowest BCUT2D eigenvalue weighted by molar-refractivity contribution is -0.123. The first-order valence-electron chi connectivity index (χ1n) is 26.2. The molecule has 3 N–H and O–H groups in total. The number of carbonyl (C=O) groups is 1. The third-order valence-electron chi connectivity index (χ3n) is 12.1. The molecule has 0 aliphatic rings. The second-order valence-corrected chi connectivity index (χ2v) is 17.9. The maximum Gasteiger partial charge on any atom is 0.220 e. The van der Waals surface area contributed by atoms with Gasteiger partial charge in [0.15, 0.2) is 0 Å². The third-order valence-corrected chi connectivity index (χ3v) is 12.1. The molecule has 4 heteroatoms. The molecular formula is C54H103NO3. The zero-order valence-electron chi connectivity index (χ0n) is 39.3. The molecule has 0 bridgehead atoms. The molecule has 4 nitrogen and oxygen atoms in total. The molecule has 0 aliphatic heterocycles. The van der Waals surface area contributed by atoms with E-state index in [1.165, 1.54) is 225 Å². The van der Waals surface area contributed by atoms with Crippen LogP contribution in [-0.2, 0) is 4.79 Å². The van der Waals surface area contributed by atoms with Crippen molar-refractivity contribution in [2.24, 2.45) is 0 Å². The lowest BCUT2D eigenvalue weighted by Gasteiger charge is -2.19. The Balaban J connectivity index is 3.56. The van der Waals surface area contributed by atoms with Crippen molar-refractivity contribution in [1.82, 2.24) is 5.32 Å². The normalized spacial score (nSPS) is 13.1. The molecule has 0 saturated carbocycles. The number of hydrogen-bond acceptors (Lipinski definition) is 3. The Morgan fingerprint density at radius 1 is 0.397 bits per heavy atom. The summed E-state index contributed by atoms with van der Waals surface area (Å²) in [5, 5.41) is 23.1. The van der Waals surface area contributed by atoms with Crippen LogP contribution < -0.4 is 5.32 Å². The fourth-order valence-electron chi connectivity index (χ4n) is 8.10. The van der Waals surface area contributed by atoms with Crippen molar-refractivity contribution < 1.29 is 15.0 Å². The highest BCUT2D eigenvalue weighted by Crippen LogP contribution is 2.17. The van der Waals surface area contributed by atoms with Crippen molar-refractivity contribution >= 4 is 5.91 Å². The van der Waals surface area contributed by atoms with Gasteiger partial charge in [-0.05, 0) is 44.9 Å². The number of aliphatic hydroxyl groups is 2. The molecule has 342 valence electrons. The fourth-order valence-corrected chi connectivity index (χ4v) is 8.10. The molecule has 0 heterocycles. The van der Waals surface area contributed by atoms with E-state index in [1.807, 2.05) is 6.08 Å². The molecule has 0 saturated heterocycles. The van der Waals surface area contributed by atoms with Crippen LogP contribution >= 0.6 is 0 Å². The summed E-state index contributed by atoms with van der Waals surface area (Å²) in [5.74, 6) is -0.0732. The van der Waals surface area contributed by atoms with Crippen LogP contribution in [0.15, 0.2) is 36.5 Å². The lowest BCUT2D eigenvalue weighted by atomic mass is 10.0. The minimum absolute atomic E-state index is 0.0732. The third kappa shape index (κ3) is 45.7. The van der Waals surface area contributed by atoms with Crippen molar-refractivity contribution in [2.75, 3.05) is 6.61 Å². The second kappa shape index (κ2) is 50.0. The smallest absolute Gasteiger partial charge is 0.220 e. The number of unbranched alkanes of at least 4 members (excludes halogenated alkanes) is 37. The number of hydrogen-bond donors (Lipinski definition) is 3. The summed E-state index contributed by atoms with van der Waals surface area (Å²) in [6.07, 6.45) is 67.2. The summed E-state index contributed by atoms with van der Waals surface area (Å²) in [6.45, 7) is 4.32. The quantitative estimate of drug-likeness (QED) is 0.0423. The zero-order valence-corrected chi connectivity index (χ0v) is 39.3. The first kappa shape index (κ1) is 56.6. The first-order chi connectivity index (χ1) is 28.7. The molecule has 0 aromatic rings. The van der Waals surface area contributed by atoms with Gasteiger partial charge in [0, 0.05) is 6.42 Å². The summed E-state index contributed by atoms with van der Waals surface area (Å²) in [4.78, 5) is 12.4. The van der Waals surface area contributed by atoms with Gasteiger partial charge in [0.1, 0.15) is 0 Å². The van der Waals surface area contributed by atoms with Gasteiger partial charge in [-0.25, -0.2) is 0 Å². The molecule has 0 aromatic carbocycles. The van der Waals surface area contributed by atoms with Crippen molar-refractivity contribution in [1.29, 1.82) is 0 Å². The Morgan fingerprint density at radius 3 is 1.00 bits per heavy atom. The molecule has 0 radical (unpaired) electrons. The van der Waals surface area contributed by atoms with Crippen LogP contribution in [0.3, 0.4) is 0 Å². The van der Waals surface area contributed by atoms with E-state index in [9.17, 15) is 15.0 Å². The minimum atomic E-state index is -0.868. The van der Waals surface area contributed by atoms with Crippen LogP contribution in [0.1, 0.15) is 284 Å². The summed E-state index contributed by atoms with van der Waals surface area (Å²) in [5.41, 5.74) is 0. The molecule has 0 rings (SSSR count). The minimum Gasteiger partial charge on any atom is -0.394 e. The summed E-state index contributed by atoms with van der Waals surface area (Å²) in [6, 6.07) is -0.643. The van der Waals surface area contributed by atoms with Gasteiger partial charge in [-0.1, -0.05) is 269 Å². The van der Waals surface area contributed by atoms with Gasteiger partial charge in [0.05, 0.1) is 18.8 Å². The average molecular weight is 814 g/mol. The summed E-state index contributed by atoms with van der Waals surface area (Å²) < 4.78 is 0. The van der Waals surface area contributed by atoms with Crippen LogP contribution in [0.4, 0.5) is 0 Å². The highest BCUT2D eigenvalue weighted by atomic mass is 16.3. The van der Waals surface area contributed by atoms with Gasteiger partial charge in [-0.2, -0.15) is 0 Å². The number of carbonyl (C=O) groups excluding carboxylic acids is 1. The summed E-state index contributed by atoms with van der Waals surface area (Å²) >= 11 is 0. The van der Waals surface area contributed by atoms with E-state index >= 15 is 0 Å². The van der Waals surface area contributed by atoms with Crippen molar-refractivity contribution in [3.8, 4) is 0 Å². The maximum absolute atomic E-state index is 12.4. The largest absolute Gasteiger partial charge is 0.394 e. The van der Waals surface area contributed by atoms with Gasteiger partial charge in [-0.3, -0.25) is 4.79 Å². The Labute approximate surface area is 363 Å². The first-order valence-corrected chi connectivity index (χ1v) is 26.2. The van der Waals surface area contributed by atoms with E-state index in [1.54, 1.807) is 6.08 Å².